The van der Waals surface area contributed by atoms with Gasteiger partial charge >= 0.3 is 0 Å². The predicted molar refractivity (Wildman–Crippen MR) is 75.9 cm³/mol. The molecule has 0 amide bonds. The lowest BCUT2D eigenvalue weighted by Gasteiger charge is -2.31. The van der Waals surface area contributed by atoms with E-state index in [4.69, 9.17) is 4.74 Å². The largest absolute Gasteiger partial charge is 0.489 e. The molecule has 0 saturated heterocycles. The van der Waals surface area contributed by atoms with Crippen LogP contribution >= 0.6 is 0 Å². The standard InChI is InChI=1S/C16H23F2NO/c1-4-7-19-15-14(5-6-16(15,2)3)20-13-9-11(17)8-12(18)10-13/h8-10,14-15,19H,4-7H2,1-3H3. The van der Waals surface area contributed by atoms with Crippen LogP contribution in [0.5, 0.6) is 5.75 Å². The molecule has 1 aliphatic carbocycles. The Balaban J connectivity index is 2.10. The van der Waals surface area contributed by atoms with Crippen molar-refractivity contribution in [3.8, 4) is 5.75 Å². The summed E-state index contributed by atoms with van der Waals surface area (Å²) in [6.45, 7) is 7.45. The molecule has 4 heteroatoms. The van der Waals surface area contributed by atoms with E-state index in [1.54, 1.807) is 0 Å². The van der Waals surface area contributed by atoms with Gasteiger partial charge in [-0.25, -0.2) is 8.78 Å². The molecule has 1 aromatic rings. The molecule has 1 saturated carbocycles. The molecule has 1 fully saturated rings. The molecular formula is C16H23F2NO. The van der Waals surface area contributed by atoms with Gasteiger partial charge in [0.25, 0.3) is 0 Å². The molecule has 2 nitrogen and oxygen atoms in total. The van der Waals surface area contributed by atoms with Gasteiger partial charge in [-0.2, -0.15) is 0 Å². The molecule has 2 rings (SSSR count). The monoisotopic (exact) mass is 283 g/mol. The van der Waals surface area contributed by atoms with Crippen molar-refractivity contribution in [2.24, 2.45) is 5.41 Å². The highest BCUT2D eigenvalue weighted by Gasteiger charge is 2.42. The molecule has 0 heterocycles. The van der Waals surface area contributed by atoms with Crippen molar-refractivity contribution in [2.75, 3.05) is 6.54 Å². The van der Waals surface area contributed by atoms with Crippen LogP contribution in [0.3, 0.4) is 0 Å². The summed E-state index contributed by atoms with van der Waals surface area (Å²) in [5, 5.41) is 3.51. The van der Waals surface area contributed by atoms with Gasteiger partial charge in [-0.05, 0) is 31.2 Å². The number of benzene rings is 1. The minimum absolute atomic E-state index is 0.0438. The Labute approximate surface area is 119 Å². The first-order valence-corrected chi connectivity index (χ1v) is 7.28. The van der Waals surface area contributed by atoms with E-state index >= 15 is 0 Å². The van der Waals surface area contributed by atoms with Crippen molar-refractivity contribution >= 4 is 0 Å². The molecule has 20 heavy (non-hydrogen) atoms. The van der Waals surface area contributed by atoms with Crippen molar-refractivity contribution in [1.29, 1.82) is 0 Å². The first-order chi connectivity index (χ1) is 9.42. The van der Waals surface area contributed by atoms with Gasteiger partial charge in [-0.1, -0.05) is 20.8 Å². The van der Waals surface area contributed by atoms with Gasteiger partial charge in [-0.15, -0.1) is 0 Å². The zero-order chi connectivity index (χ0) is 14.8. The first-order valence-electron chi connectivity index (χ1n) is 7.28. The van der Waals surface area contributed by atoms with Crippen LogP contribution < -0.4 is 10.1 Å². The van der Waals surface area contributed by atoms with Crippen LogP contribution in [0.25, 0.3) is 0 Å². The van der Waals surface area contributed by atoms with E-state index in [-0.39, 0.29) is 23.3 Å². The van der Waals surface area contributed by atoms with Gasteiger partial charge < -0.3 is 10.1 Å². The average Bonchev–Trinajstić information content (AvgIpc) is 2.61. The van der Waals surface area contributed by atoms with Gasteiger partial charge in [-0.3, -0.25) is 0 Å². The summed E-state index contributed by atoms with van der Waals surface area (Å²) < 4.78 is 32.3. The number of hydrogen-bond donors (Lipinski definition) is 1. The third-order valence-corrected chi connectivity index (χ3v) is 4.02. The molecule has 0 aromatic heterocycles. The van der Waals surface area contributed by atoms with Crippen LogP contribution in [0.4, 0.5) is 8.78 Å². The van der Waals surface area contributed by atoms with Crippen molar-refractivity contribution < 1.29 is 13.5 Å². The van der Waals surface area contributed by atoms with Crippen LogP contribution in [0.15, 0.2) is 18.2 Å². The van der Waals surface area contributed by atoms with Gasteiger partial charge in [0.15, 0.2) is 0 Å². The predicted octanol–water partition coefficient (Wildman–Crippen LogP) is 3.90. The topological polar surface area (TPSA) is 21.3 Å². The minimum atomic E-state index is -0.602. The number of rotatable bonds is 5. The van der Waals surface area contributed by atoms with Gasteiger partial charge in [0.2, 0.25) is 0 Å². The number of hydrogen-bond acceptors (Lipinski definition) is 2. The van der Waals surface area contributed by atoms with Gasteiger partial charge in [0.05, 0.1) is 0 Å². The number of nitrogens with one attached hydrogen (secondary N) is 1. The molecule has 112 valence electrons. The smallest absolute Gasteiger partial charge is 0.129 e. The van der Waals surface area contributed by atoms with E-state index in [0.29, 0.717) is 0 Å². The van der Waals surface area contributed by atoms with Crippen LogP contribution in [0.2, 0.25) is 0 Å². The maximum Gasteiger partial charge on any atom is 0.129 e. The summed E-state index contributed by atoms with van der Waals surface area (Å²) in [6, 6.07) is 3.54. The molecule has 0 radical (unpaired) electrons. The van der Waals surface area contributed by atoms with E-state index in [2.05, 4.69) is 26.1 Å². The van der Waals surface area contributed by atoms with Crippen LogP contribution in [-0.4, -0.2) is 18.7 Å². The Morgan fingerprint density at radius 1 is 1.25 bits per heavy atom. The second-order valence-electron chi connectivity index (χ2n) is 6.22. The average molecular weight is 283 g/mol. The maximum atomic E-state index is 13.2. The minimum Gasteiger partial charge on any atom is -0.489 e. The highest BCUT2D eigenvalue weighted by Crippen LogP contribution is 2.39. The molecule has 1 aliphatic rings. The normalized spacial score (nSPS) is 24.9. The van der Waals surface area contributed by atoms with E-state index in [9.17, 15) is 8.78 Å². The summed E-state index contributed by atoms with van der Waals surface area (Å²) >= 11 is 0. The number of ether oxygens (including phenoxy) is 1. The molecular weight excluding hydrogens is 260 g/mol. The summed E-state index contributed by atoms with van der Waals surface area (Å²) in [5.41, 5.74) is 0.131. The summed E-state index contributed by atoms with van der Waals surface area (Å²) in [4.78, 5) is 0. The zero-order valence-electron chi connectivity index (χ0n) is 12.4. The molecule has 2 unspecified atom stereocenters. The Hall–Kier alpha value is -1.16. The Bertz CT molecular complexity index is 442. The third kappa shape index (κ3) is 3.48. The molecule has 2 atom stereocenters. The summed E-state index contributed by atoms with van der Waals surface area (Å²) in [7, 11) is 0. The van der Waals surface area contributed by atoms with Crippen LogP contribution in [0.1, 0.15) is 40.0 Å². The molecule has 1 N–H and O–H groups in total. The Morgan fingerprint density at radius 3 is 2.50 bits per heavy atom. The van der Waals surface area contributed by atoms with Gasteiger partial charge in [0.1, 0.15) is 23.5 Å². The van der Waals surface area contributed by atoms with E-state index < -0.39 is 11.6 Å². The SMILES string of the molecule is CCCNC1C(Oc2cc(F)cc(F)c2)CCC1(C)C. The molecule has 0 aliphatic heterocycles. The van der Waals surface area contributed by atoms with Crippen molar-refractivity contribution in [3.63, 3.8) is 0 Å². The van der Waals surface area contributed by atoms with Crippen LogP contribution in [-0.2, 0) is 0 Å². The second kappa shape index (κ2) is 6.08. The maximum absolute atomic E-state index is 13.2. The van der Waals surface area contributed by atoms with Crippen molar-refractivity contribution in [3.05, 3.63) is 29.8 Å². The van der Waals surface area contributed by atoms with Gasteiger partial charge in [0, 0.05) is 24.2 Å². The molecule has 1 aromatic carbocycles. The molecule has 0 spiro atoms. The lowest BCUT2D eigenvalue weighted by Crippen LogP contribution is -2.47. The van der Waals surface area contributed by atoms with Crippen LogP contribution in [0, 0.1) is 17.0 Å². The first kappa shape index (κ1) is 15.2. The highest BCUT2D eigenvalue weighted by molar-refractivity contribution is 5.24. The fraction of sp³-hybridized carbons (Fsp3) is 0.625. The summed E-state index contributed by atoms with van der Waals surface area (Å²) in [5.74, 6) is -0.931. The second-order valence-corrected chi connectivity index (χ2v) is 6.22. The third-order valence-electron chi connectivity index (χ3n) is 4.02. The van der Waals surface area contributed by atoms with Crippen molar-refractivity contribution in [2.45, 2.75) is 52.2 Å². The van der Waals surface area contributed by atoms with E-state index in [1.165, 1.54) is 12.1 Å². The van der Waals surface area contributed by atoms with E-state index in [0.717, 1.165) is 31.9 Å². The fourth-order valence-corrected chi connectivity index (χ4v) is 2.95. The lowest BCUT2D eigenvalue weighted by atomic mass is 9.87. The summed E-state index contributed by atoms with van der Waals surface area (Å²) in [6.07, 6.45) is 2.94. The Morgan fingerprint density at radius 2 is 1.90 bits per heavy atom. The quantitative estimate of drug-likeness (QED) is 0.885. The fourth-order valence-electron chi connectivity index (χ4n) is 2.95. The zero-order valence-corrected chi connectivity index (χ0v) is 12.4. The Kier molecular flexibility index (Phi) is 4.63. The highest BCUT2D eigenvalue weighted by atomic mass is 19.1. The van der Waals surface area contributed by atoms with E-state index in [1.807, 2.05) is 0 Å². The molecule has 0 bridgehead atoms. The number of halogens is 2. The van der Waals surface area contributed by atoms with Crippen molar-refractivity contribution in [1.82, 2.24) is 5.32 Å². The lowest BCUT2D eigenvalue weighted by molar-refractivity contribution is 0.139.